The minimum absolute atomic E-state index is 0.0582. The first-order valence-corrected chi connectivity index (χ1v) is 8.59. The lowest BCUT2D eigenvalue weighted by Gasteiger charge is -2.11. The van der Waals surface area contributed by atoms with E-state index in [2.05, 4.69) is 15.5 Å². The Hall–Kier alpha value is -3.03. The summed E-state index contributed by atoms with van der Waals surface area (Å²) in [7, 11) is 3.27. The van der Waals surface area contributed by atoms with Crippen LogP contribution in [0.25, 0.3) is 22.5 Å². The number of ether oxygens (including phenoxy) is 2. The first kappa shape index (κ1) is 18.8. The van der Waals surface area contributed by atoms with Crippen molar-refractivity contribution in [1.82, 2.24) is 20.5 Å². The third-order valence-corrected chi connectivity index (χ3v) is 4.03. The van der Waals surface area contributed by atoms with E-state index in [9.17, 15) is 0 Å². The Balaban J connectivity index is 2.01. The van der Waals surface area contributed by atoms with Crippen LogP contribution in [0.3, 0.4) is 0 Å². The van der Waals surface area contributed by atoms with E-state index >= 15 is 0 Å². The van der Waals surface area contributed by atoms with Gasteiger partial charge in [-0.3, -0.25) is 0 Å². The zero-order valence-electron chi connectivity index (χ0n) is 15.3. The van der Waals surface area contributed by atoms with Gasteiger partial charge in [0.1, 0.15) is 22.9 Å². The number of methoxy groups -OCH3 is 2. The van der Waals surface area contributed by atoms with Crippen molar-refractivity contribution in [2.75, 3.05) is 27.4 Å². The molecule has 1 aromatic heterocycles. The van der Waals surface area contributed by atoms with Crippen LogP contribution in [0.1, 0.15) is 5.82 Å². The Kier molecular flexibility index (Phi) is 6.30. The van der Waals surface area contributed by atoms with Gasteiger partial charge in [-0.25, -0.2) is 4.98 Å². The highest BCUT2D eigenvalue weighted by Gasteiger charge is 2.14. The SMILES string of the molecule is COc1ccc(-c2nnc(CNCCO)nc2-c2ccc(OC)cc2)cc1. The minimum atomic E-state index is 0.0582. The molecule has 0 amide bonds. The fraction of sp³-hybridized carbons (Fsp3) is 0.250. The standard InChI is InChI=1S/C20H22N4O3/c1-26-16-7-3-14(4-8-16)19-20(15-5-9-17(27-2)10-6-15)24-23-18(22-19)13-21-11-12-25/h3-10,21,25H,11-13H2,1-2H3. The summed E-state index contributed by atoms with van der Waals surface area (Å²) in [5, 5.41) is 20.6. The smallest absolute Gasteiger partial charge is 0.165 e. The summed E-state index contributed by atoms with van der Waals surface area (Å²) in [5.41, 5.74) is 3.24. The molecular weight excluding hydrogens is 344 g/mol. The Morgan fingerprint density at radius 2 is 1.37 bits per heavy atom. The van der Waals surface area contributed by atoms with Crippen LogP contribution in [0.2, 0.25) is 0 Å². The number of aliphatic hydroxyl groups is 1. The maximum atomic E-state index is 8.92. The summed E-state index contributed by atoms with van der Waals surface area (Å²) >= 11 is 0. The van der Waals surface area contributed by atoms with Gasteiger partial charge in [-0.1, -0.05) is 0 Å². The highest BCUT2D eigenvalue weighted by molar-refractivity contribution is 5.77. The van der Waals surface area contributed by atoms with Crippen LogP contribution in [0.15, 0.2) is 48.5 Å². The van der Waals surface area contributed by atoms with E-state index in [0.717, 1.165) is 28.3 Å². The Morgan fingerprint density at radius 3 is 1.89 bits per heavy atom. The van der Waals surface area contributed by atoms with Crippen LogP contribution < -0.4 is 14.8 Å². The van der Waals surface area contributed by atoms with Crippen molar-refractivity contribution in [3.8, 4) is 34.0 Å². The maximum absolute atomic E-state index is 8.92. The molecule has 7 heteroatoms. The predicted molar refractivity (Wildman–Crippen MR) is 103 cm³/mol. The second kappa shape index (κ2) is 9.07. The summed E-state index contributed by atoms with van der Waals surface area (Å²) < 4.78 is 10.5. The molecule has 7 nitrogen and oxygen atoms in total. The maximum Gasteiger partial charge on any atom is 0.165 e. The second-order valence-electron chi connectivity index (χ2n) is 5.78. The molecule has 2 N–H and O–H groups in total. The van der Waals surface area contributed by atoms with Gasteiger partial charge in [0.05, 0.1) is 27.4 Å². The van der Waals surface area contributed by atoms with Crippen molar-refractivity contribution < 1.29 is 14.6 Å². The summed E-state index contributed by atoms with van der Waals surface area (Å²) in [4.78, 5) is 4.70. The van der Waals surface area contributed by atoms with Gasteiger partial charge in [-0.05, 0) is 48.5 Å². The Morgan fingerprint density at radius 1 is 0.815 bits per heavy atom. The van der Waals surface area contributed by atoms with Crippen molar-refractivity contribution >= 4 is 0 Å². The zero-order chi connectivity index (χ0) is 19.1. The number of aromatic nitrogens is 3. The second-order valence-corrected chi connectivity index (χ2v) is 5.78. The number of aliphatic hydroxyl groups excluding tert-OH is 1. The summed E-state index contributed by atoms with van der Waals surface area (Å²) in [6.07, 6.45) is 0. The number of benzene rings is 2. The van der Waals surface area contributed by atoms with Gasteiger partial charge in [0.2, 0.25) is 0 Å². The molecular formula is C20H22N4O3. The molecule has 0 spiro atoms. The molecule has 1 heterocycles. The van der Waals surface area contributed by atoms with Gasteiger partial charge in [-0.2, -0.15) is 0 Å². The molecule has 0 atom stereocenters. The number of nitrogens with one attached hydrogen (secondary N) is 1. The molecule has 140 valence electrons. The summed E-state index contributed by atoms with van der Waals surface area (Å²) in [5.74, 6) is 2.11. The largest absolute Gasteiger partial charge is 0.497 e. The van der Waals surface area contributed by atoms with Crippen molar-refractivity contribution in [3.05, 3.63) is 54.4 Å². The van der Waals surface area contributed by atoms with E-state index in [1.54, 1.807) is 14.2 Å². The molecule has 0 saturated carbocycles. The van der Waals surface area contributed by atoms with Crippen LogP contribution in [0.5, 0.6) is 11.5 Å². The molecule has 0 radical (unpaired) electrons. The zero-order valence-corrected chi connectivity index (χ0v) is 15.3. The molecule has 0 aliphatic heterocycles. The number of hydrogen-bond acceptors (Lipinski definition) is 7. The Bertz CT molecular complexity index is 867. The number of nitrogens with zero attached hydrogens (tertiary/aromatic N) is 3. The minimum Gasteiger partial charge on any atom is -0.497 e. The van der Waals surface area contributed by atoms with E-state index < -0.39 is 0 Å². The lowest BCUT2D eigenvalue weighted by molar-refractivity contribution is 0.291. The topological polar surface area (TPSA) is 89.4 Å². The molecule has 0 aliphatic rings. The van der Waals surface area contributed by atoms with Gasteiger partial charge >= 0.3 is 0 Å². The average Bonchev–Trinajstić information content (AvgIpc) is 2.74. The lowest BCUT2D eigenvalue weighted by Crippen LogP contribution is -2.19. The third-order valence-electron chi connectivity index (χ3n) is 4.03. The van der Waals surface area contributed by atoms with Gasteiger partial charge in [-0.15, -0.1) is 10.2 Å². The number of hydrogen-bond donors (Lipinski definition) is 2. The van der Waals surface area contributed by atoms with E-state index in [4.69, 9.17) is 19.6 Å². The molecule has 2 aromatic carbocycles. The van der Waals surface area contributed by atoms with E-state index in [1.807, 2.05) is 48.5 Å². The van der Waals surface area contributed by atoms with E-state index in [1.165, 1.54) is 0 Å². The molecule has 0 unspecified atom stereocenters. The van der Waals surface area contributed by atoms with E-state index in [0.29, 0.717) is 24.6 Å². The quantitative estimate of drug-likeness (QED) is 0.591. The highest BCUT2D eigenvalue weighted by Crippen LogP contribution is 2.30. The predicted octanol–water partition coefficient (Wildman–Crippen LogP) is 2.30. The van der Waals surface area contributed by atoms with E-state index in [-0.39, 0.29) is 6.61 Å². The first-order valence-electron chi connectivity index (χ1n) is 8.59. The molecule has 0 bridgehead atoms. The molecule has 3 aromatic rings. The van der Waals surface area contributed by atoms with Crippen molar-refractivity contribution in [1.29, 1.82) is 0 Å². The van der Waals surface area contributed by atoms with Crippen LogP contribution in [0.4, 0.5) is 0 Å². The summed E-state index contributed by atoms with van der Waals surface area (Å²) in [6, 6.07) is 15.3. The monoisotopic (exact) mass is 366 g/mol. The number of rotatable bonds is 8. The van der Waals surface area contributed by atoms with Crippen molar-refractivity contribution in [2.24, 2.45) is 0 Å². The van der Waals surface area contributed by atoms with Crippen molar-refractivity contribution in [2.45, 2.75) is 6.54 Å². The van der Waals surface area contributed by atoms with Crippen LogP contribution in [0, 0.1) is 0 Å². The van der Waals surface area contributed by atoms with Gasteiger partial charge in [0, 0.05) is 17.7 Å². The third kappa shape index (κ3) is 4.58. The lowest BCUT2D eigenvalue weighted by atomic mass is 10.0. The van der Waals surface area contributed by atoms with Crippen LogP contribution >= 0.6 is 0 Å². The van der Waals surface area contributed by atoms with Crippen molar-refractivity contribution in [3.63, 3.8) is 0 Å². The molecule has 0 saturated heterocycles. The molecule has 0 aliphatic carbocycles. The fourth-order valence-electron chi connectivity index (χ4n) is 2.61. The van der Waals surface area contributed by atoms with Gasteiger partial charge in [0.25, 0.3) is 0 Å². The normalized spacial score (nSPS) is 10.6. The average molecular weight is 366 g/mol. The van der Waals surface area contributed by atoms with Gasteiger partial charge in [0.15, 0.2) is 5.82 Å². The molecule has 3 rings (SSSR count). The Labute approximate surface area is 158 Å². The highest BCUT2D eigenvalue weighted by atomic mass is 16.5. The van der Waals surface area contributed by atoms with Crippen LogP contribution in [-0.4, -0.2) is 47.7 Å². The summed E-state index contributed by atoms with van der Waals surface area (Å²) in [6.45, 7) is 0.962. The molecule has 27 heavy (non-hydrogen) atoms. The van der Waals surface area contributed by atoms with Crippen LogP contribution in [-0.2, 0) is 6.54 Å². The molecule has 0 fully saturated rings. The van der Waals surface area contributed by atoms with Gasteiger partial charge < -0.3 is 19.9 Å². The first-order chi connectivity index (χ1) is 13.2. The fourth-order valence-corrected chi connectivity index (χ4v) is 2.61.